The normalized spacial score (nSPS) is 16.2. The smallest absolute Gasteiger partial charge is 0.258 e. The number of aryl methyl sites for hydroxylation is 2. The molecule has 0 saturated carbocycles. The number of halogens is 1. The summed E-state index contributed by atoms with van der Waals surface area (Å²) in [5.74, 6) is 0.556. The van der Waals surface area contributed by atoms with E-state index in [-0.39, 0.29) is 5.56 Å². The van der Waals surface area contributed by atoms with Gasteiger partial charge in [0.15, 0.2) is 0 Å². The third-order valence-electron chi connectivity index (χ3n) is 5.37. The number of aromatic nitrogens is 2. The van der Waals surface area contributed by atoms with E-state index in [1.807, 2.05) is 26.0 Å². The number of sulfonamides is 1. The Balaban J connectivity index is 1.47. The van der Waals surface area contributed by atoms with Gasteiger partial charge in [0.1, 0.15) is 5.82 Å². The lowest BCUT2D eigenvalue weighted by atomic mass is 10.2. The zero-order chi connectivity index (χ0) is 21.5. The summed E-state index contributed by atoms with van der Waals surface area (Å²) in [5.41, 5.74) is 2.16. The van der Waals surface area contributed by atoms with Gasteiger partial charge >= 0.3 is 0 Å². The molecule has 7 nitrogen and oxygen atoms in total. The average molecular weight is 447 g/mol. The van der Waals surface area contributed by atoms with Gasteiger partial charge in [0, 0.05) is 31.2 Å². The monoisotopic (exact) mass is 446 g/mol. The van der Waals surface area contributed by atoms with E-state index in [4.69, 9.17) is 11.6 Å². The summed E-state index contributed by atoms with van der Waals surface area (Å²) in [7, 11) is -3.52. The van der Waals surface area contributed by atoms with Gasteiger partial charge in [0.2, 0.25) is 10.0 Å². The Morgan fingerprint density at radius 3 is 2.50 bits per heavy atom. The average Bonchev–Trinajstić information content (AvgIpc) is 2.69. The highest BCUT2D eigenvalue weighted by Crippen LogP contribution is 2.22. The first kappa shape index (κ1) is 21.0. The Morgan fingerprint density at radius 1 is 1.07 bits per heavy atom. The molecule has 9 heteroatoms. The Kier molecular flexibility index (Phi) is 5.67. The molecule has 1 aromatic heterocycles. The fourth-order valence-electron chi connectivity index (χ4n) is 3.80. The van der Waals surface area contributed by atoms with Crippen molar-refractivity contribution in [2.24, 2.45) is 0 Å². The van der Waals surface area contributed by atoms with Gasteiger partial charge in [-0.15, -0.1) is 0 Å². The molecule has 4 rings (SSSR count). The molecule has 30 heavy (non-hydrogen) atoms. The molecule has 0 atom stereocenters. The Hall–Kier alpha value is -2.26. The van der Waals surface area contributed by atoms with Gasteiger partial charge < -0.3 is 4.98 Å². The molecule has 0 aliphatic carbocycles. The Bertz CT molecular complexity index is 1260. The first-order valence-corrected chi connectivity index (χ1v) is 11.5. The Labute approximate surface area is 180 Å². The molecule has 2 heterocycles. The maximum atomic E-state index is 13.0. The minimum absolute atomic E-state index is 0.228. The number of piperazine rings is 1. The van der Waals surface area contributed by atoms with Crippen molar-refractivity contribution in [1.29, 1.82) is 0 Å². The van der Waals surface area contributed by atoms with Crippen LogP contribution in [0.5, 0.6) is 0 Å². The summed E-state index contributed by atoms with van der Waals surface area (Å²) >= 11 is 5.96. The number of hydrogen-bond acceptors (Lipinski definition) is 5. The van der Waals surface area contributed by atoms with E-state index in [2.05, 4.69) is 14.9 Å². The topological polar surface area (TPSA) is 86.4 Å². The van der Waals surface area contributed by atoms with Crippen LogP contribution in [0.2, 0.25) is 5.02 Å². The standard InChI is InChI=1S/C21H23ClN4O3S/c1-14-3-6-19(15(2)11-14)30(28,29)26-9-7-25(8-10-26)13-20-23-18-5-4-16(22)12-17(18)21(27)24-20/h3-6,11-12H,7-10,13H2,1-2H3,(H,23,24,27). The minimum Gasteiger partial charge on any atom is -0.309 e. The molecule has 0 amide bonds. The lowest BCUT2D eigenvalue weighted by Gasteiger charge is -2.33. The second kappa shape index (κ2) is 8.11. The summed E-state index contributed by atoms with van der Waals surface area (Å²) < 4.78 is 27.6. The zero-order valence-electron chi connectivity index (χ0n) is 16.9. The third kappa shape index (κ3) is 4.13. The van der Waals surface area contributed by atoms with Gasteiger partial charge in [-0.2, -0.15) is 4.31 Å². The van der Waals surface area contributed by atoms with E-state index < -0.39 is 10.0 Å². The van der Waals surface area contributed by atoms with Crippen molar-refractivity contribution < 1.29 is 8.42 Å². The van der Waals surface area contributed by atoms with E-state index >= 15 is 0 Å². The molecule has 1 N–H and O–H groups in total. The van der Waals surface area contributed by atoms with E-state index in [0.29, 0.717) is 59.4 Å². The Morgan fingerprint density at radius 2 is 1.80 bits per heavy atom. The first-order valence-electron chi connectivity index (χ1n) is 9.72. The van der Waals surface area contributed by atoms with Crippen molar-refractivity contribution in [3.63, 3.8) is 0 Å². The lowest BCUT2D eigenvalue weighted by Crippen LogP contribution is -2.48. The lowest BCUT2D eigenvalue weighted by molar-refractivity contribution is 0.178. The maximum absolute atomic E-state index is 13.0. The summed E-state index contributed by atoms with van der Waals surface area (Å²) in [6.45, 7) is 6.13. The molecule has 1 aliphatic heterocycles. The van der Waals surface area contributed by atoms with Crippen molar-refractivity contribution in [3.05, 3.63) is 68.7 Å². The number of aromatic amines is 1. The second-order valence-corrected chi connectivity index (χ2v) is 9.97. The number of hydrogen-bond donors (Lipinski definition) is 1. The first-order chi connectivity index (χ1) is 14.2. The summed E-state index contributed by atoms with van der Waals surface area (Å²) in [4.78, 5) is 22.1. The van der Waals surface area contributed by atoms with Gasteiger partial charge in [0.25, 0.3) is 5.56 Å². The maximum Gasteiger partial charge on any atom is 0.258 e. The van der Waals surface area contributed by atoms with Crippen LogP contribution in [0.25, 0.3) is 10.9 Å². The molecule has 0 unspecified atom stereocenters. The van der Waals surface area contributed by atoms with Crippen LogP contribution in [0, 0.1) is 13.8 Å². The number of rotatable bonds is 4. The number of H-pyrrole nitrogens is 1. The number of benzene rings is 2. The van der Waals surface area contributed by atoms with Gasteiger partial charge in [0.05, 0.1) is 22.3 Å². The second-order valence-electron chi connectivity index (χ2n) is 7.62. The van der Waals surface area contributed by atoms with Crippen LogP contribution in [0.1, 0.15) is 17.0 Å². The predicted molar refractivity (Wildman–Crippen MR) is 117 cm³/mol. The van der Waals surface area contributed by atoms with E-state index in [1.165, 1.54) is 4.31 Å². The molecule has 1 saturated heterocycles. The van der Waals surface area contributed by atoms with Crippen LogP contribution < -0.4 is 5.56 Å². The van der Waals surface area contributed by atoms with Gasteiger partial charge in [-0.1, -0.05) is 29.3 Å². The zero-order valence-corrected chi connectivity index (χ0v) is 18.4. The summed E-state index contributed by atoms with van der Waals surface area (Å²) in [6, 6.07) is 10.4. The fourth-order valence-corrected chi connectivity index (χ4v) is 5.60. The van der Waals surface area contributed by atoms with Crippen molar-refractivity contribution in [3.8, 4) is 0 Å². The van der Waals surface area contributed by atoms with E-state index in [1.54, 1.807) is 24.3 Å². The number of fused-ring (bicyclic) bond motifs is 1. The molecule has 3 aromatic rings. The largest absolute Gasteiger partial charge is 0.309 e. The molecule has 1 aliphatic rings. The fraction of sp³-hybridized carbons (Fsp3) is 0.333. The summed E-state index contributed by atoms with van der Waals surface area (Å²) in [6.07, 6.45) is 0. The molecular weight excluding hydrogens is 424 g/mol. The van der Waals surface area contributed by atoms with Gasteiger partial charge in [-0.3, -0.25) is 9.69 Å². The molecule has 2 aromatic carbocycles. The third-order valence-corrected chi connectivity index (χ3v) is 7.66. The highest BCUT2D eigenvalue weighted by molar-refractivity contribution is 7.89. The number of nitrogens with one attached hydrogen (secondary N) is 1. The molecule has 0 radical (unpaired) electrons. The van der Waals surface area contributed by atoms with Crippen LogP contribution in [0.4, 0.5) is 0 Å². The van der Waals surface area contributed by atoms with Crippen molar-refractivity contribution in [1.82, 2.24) is 19.2 Å². The van der Waals surface area contributed by atoms with Crippen LogP contribution in [-0.2, 0) is 16.6 Å². The van der Waals surface area contributed by atoms with Crippen molar-refractivity contribution >= 4 is 32.5 Å². The quantitative estimate of drug-likeness (QED) is 0.665. The minimum atomic E-state index is -3.52. The molecule has 0 spiro atoms. The highest BCUT2D eigenvalue weighted by atomic mass is 35.5. The van der Waals surface area contributed by atoms with Gasteiger partial charge in [-0.25, -0.2) is 13.4 Å². The summed E-state index contributed by atoms with van der Waals surface area (Å²) in [5, 5.41) is 0.944. The van der Waals surface area contributed by atoms with Crippen LogP contribution in [-0.4, -0.2) is 53.8 Å². The predicted octanol–water partition coefficient (Wildman–Crippen LogP) is 2.70. The van der Waals surface area contributed by atoms with Gasteiger partial charge in [-0.05, 0) is 43.7 Å². The van der Waals surface area contributed by atoms with Crippen LogP contribution in [0.15, 0.2) is 46.1 Å². The molecule has 0 bridgehead atoms. The van der Waals surface area contributed by atoms with Crippen molar-refractivity contribution in [2.45, 2.75) is 25.3 Å². The molecule has 1 fully saturated rings. The van der Waals surface area contributed by atoms with Crippen LogP contribution >= 0.6 is 11.6 Å². The van der Waals surface area contributed by atoms with E-state index in [0.717, 1.165) is 11.1 Å². The molecular formula is C21H23ClN4O3S. The van der Waals surface area contributed by atoms with Crippen molar-refractivity contribution in [2.75, 3.05) is 26.2 Å². The SMILES string of the molecule is Cc1ccc(S(=O)(=O)N2CCN(Cc3nc4ccc(Cl)cc4c(=O)[nH]3)CC2)c(C)c1. The number of nitrogens with zero attached hydrogens (tertiary/aromatic N) is 3. The van der Waals surface area contributed by atoms with Crippen LogP contribution in [0.3, 0.4) is 0 Å². The van der Waals surface area contributed by atoms with E-state index in [9.17, 15) is 13.2 Å². The highest BCUT2D eigenvalue weighted by Gasteiger charge is 2.29. The molecule has 158 valence electrons.